The first-order valence-electron chi connectivity index (χ1n) is 8.60. The molecule has 1 aliphatic heterocycles. The third-order valence-electron chi connectivity index (χ3n) is 1.22. The molecule has 1 aromatic rings. The molecule has 0 saturated carbocycles. The van der Waals surface area contributed by atoms with Crippen LogP contribution in [0.1, 0.15) is 32.9 Å². The van der Waals surface area contributed by atoms with Gasteiger partial charge in [0.15, 0.2) is 0 Å². The smallest absolute Gasteiger partial charge is 0.0635 e. The van der Waals surface area contributed by atoms with E-state index < -0.39 is 55.1 Å². The first-order valence-corrected chi connectivity index (χ1v) is 3.89. The van der Waals surface area contributed by atoms with Crippen LogP contribution in [0.4, 0.5) is 0 Å². The molecule has 12 heavy (non-hydrogen) atoms. The second-order valence-corrected chi connectivity index (χ2v) is 2.79. The van der Waals surface area contributed by atoms with Crippen LogP contribution in [-0.4, -0.2) is 13.1 Å². The van der Waals surface area contributed by atoms with E-state index in [1.165, 1.54) is 0 Å². The van der Waals surface area contributed by atoms with Gasteiger partial charge in [-0.2, -0.15) is 0 Å². The molecule has 1 saturated heterocycles. The Morgan fingerprint density at radius 3 is 2.92 bits per heavy atom. The predicted molar refractivity (Wildman–Crippen MR) is 52.3 cm³/mol. The molecule has 64 valence electrons. The summed E-state index contributed by atoms with van der Waals surface area (Å²) in [6.45, 7) is -6.42. The lowest BCUT2D eigenvalue weighted by molar-refractivity contribution is 0.194. The van der Waals surface area contributed by atoms with Gasteiger partial charge in [-0.25, -0.2) is 0 Å². The number of ether oxygens (including phenoxy) is 1. The fourth-order valence-electron chi connectivity index (χ4n) is 0.714. The van der Waals surface area contributed by atoms with Crippen LogP contribution in [0.5, 0.6) is 0 Å². The van der Waals surface area contributed by atoms with Gasteiger partial charge in [-0.15, -0.1) is 0 Å². The summed E-state index contributed by atoms with van der Waals surface area (Å²) in [6, 6.07) is -2.90. The van der Waals surface area contributed by atoms with Crippen molar-refractivity contribution in [3.8, 4) is 0 Å². The molecule has 1 atom stereocenters. The van der Waals surface area contributed by atoms with E-state index in [0.29, 0.717) is 0 Å². The van der Waals surface area contributed by atoms with Gasteiger partial charge in [0.25, 0.3) is 0 Å². The first kappa shape index (κ1) is 2.37. The zero-order chi connectivity index (χ0) is 18.2. The van der Waals surface area contributed by atoms with Crippen molar-refractivity contribution >= 4 is 15.9 Å². The molecule has 1 unspecified atom stereocenters. The monoisotopic (exact) mass is 237 g/mol. The van der Waals surface area contributed by atoms with Crippen LogP contribution in [0, 0.1) is 0 Å². The Labute approximate surface area is 96.3 Å². The molecule has 1 aliphatic rings. The van der Waals surface area contributed by atoms with Gasteiger partial charge in [0.05, 0.1) is 17.5 Å². The normalized spacial score (nSPS) is 54.9. The Kier molecular flexibility index (Phi) is 0.707. The highest BCUT2D eigenvalue weighted by Gasteiger charge is 2.16. The predicted octanol–water partition coefficient (Wildman–Crippen LogP) is 2.95. The van der Waals surface area contributed by atoms with Crippen molar-refractivity contribution in [2.24, 2.45) is 0 Å². The van der Waals surface area contributed by atoms with E-state index in [2.05, 4.69) is 20.7 Å². The van der Waals surface area contributed by atoms with Crippen LogP contribution in [0.3, 0.4) is 0 Å². The summed E-state index contributed by atoms with van der Waals surface area (Å²) >= 11 is 2.85. The van der Waals surface area contributed by atoms with Crippen molar-refractivity contribution in [1.29, 1.82) is 0 Å². The Morgan fingerprint density at radius 1 is 1.58 bits per heavy atom. The van der Waals surface area contributed by atoms with Gasteiger partial charge in [-0.1, -0.05) is 28.0 Å². The molecule has 1 aromatic carbocycles. The highest BCUT2D eigenvalue weighted by molar-refractivity contribution is 9.10. The van der Waals surface area contributed by atoms with Gasteiger partial charge < -0.3 is 4.74 Å². The van der Waals surface area contributed by atoms with Gasteiger partial charge in [-0.3, -0.25) is 0 Å². The van der Waals surface area contributed by atoms with Crippen LogP contribution in [-0.2, 0) is 4.74 Å². The molecule has 0 spiro atoms. The van der Waals surface area contributed by atoms with Crippen LogP contribution < -0.4 is 0 Å². The molecule has 0 N–H and O–H groups in total. The molecule has 1 heterocycles. The maximum Gasteiger partial charge on any atom is 0.0635 e. The van der Waals surface area contributed by atoms with E-state index >= 15 is 0 Å². The Bertz CT molecular complexity index is 659. The first-order chi connectivity index (χ1) is 10.1. The van der Waals surface area contributed by atoms with Crippen LogP contribution in [0.25, 0.3) is 0 Å². The fourth-order valence-corrected chi connectivity index (χ4v) is 0.913. The summed E-state index contributed by atoms with van der Waals surface area (Å²) in [4.78, 5) is 0. The molecule has 0 aromatic heterocycles. The van der Waals surface area contributed by atoms with Crippen molar-refractivity contribution in [1.82, 2.24) is 0 Å². The lowest BCUT2D eigenvalue weighted by Gasteiger charge is -2.06. The second kappa shape index (κ2) is 3.58. The van der Waals surface area contributed by atoms with E-state index in [1.54, 1.807) is 0 Å². The lowest BCUT2D eigenvalue weighted by atomic mass is 9.99. The number of hydrogen-bond donors (Lipinski definition) is 0. The van der Waals surface area contributed by atoms with Crippen LogP contribution in [0.2, 0.25) is 0 Å². The van der Waals surface area contributed by atoms with Gasteiger partial charge >= 0.3 is 0 Å². The number of rotatable bonds is 1. The SMILES string of the molecule is [2H]c1c([2H])c(C2([2H])C([2H])([2H])OC([2H])([2H])C2([2H])[2H])c([2H])c([2H])c1Br. The van der Waals surface area contributed by atoms with Crippen molar-refractivity contribution in [2.45, 2.75) is 12.3 Å². The maximum atomic E-state index is 8.29. The summed E-state index contributed by atoms with van der Waals surface area (Å²) in [5.41, 5.74) is -0.896. The van der Waals surface area contributed by atoms with Crippen LogP contribution in [0.15, 0.2) is 28.6 Å². The molecule has 0 amide bonds. The van der Waals surface area contributed by atoms with E-state index in [1.807, 2.05) is 0 Å². The number of halogens is 1. The molecule has 2 rings (SSSR count). The average Bonchev–Trinajstić information content (AvgIpc) is 2.49. The zero-order valence-corrected chi connectivity index (χ0v) is 7.37. The molecule has 0 bridgehead atoms. The van der Waals surface area contributed by atoms with E-state index in [9.17, 15) is 0 Å². The molecule has 0 radical (unpaired) electrons. The molecule has 0 aliphatic carbocycles. The maximum absolute atomic E-state index is 8.29. The summed E-state index contributed by atoms with van der Waals surface area (Å²) in [6.07, 6.45) is -3.28. The fraction of sp³-hybridized carbons (Fsp3) is 0.400. The highest BCUT2D eigenvalue weighted by Crippen LogP contribution is 2.25. The number of hydrogen-bond acceptors (Lipinski definition) is 1. The topological polar surface area (TPSA) is 9.23 Å². The van der Waals surface area contributed by atoms with E-state index in [0.717, 1.165) is 0 Å². The van der Waals surface area contributed by atoms with Gasteiger partial charge in [0.2, 0.25) is 0 Å². The van der Waals surface area contributed by atoms with Crippen molar-refractivity contribution in [2.75, 3.05) is 13.1 Å². The summed E-state index contributed by atoms with van der Waals surface area (Å²) < 4.78 is 90.0. The minimum atomic E-state index is -3.28. The van der Waals surface area contributed by atoms with Gasteiger partial charge in [0.1, 0.15) is 0 Å². The largest absolute Gasteiger partial charge is 0.381 e. The van der Waals surface area contributed by atoms with Crippen molar-refractivity contribution in [3.05, 3.63) is 34.2 Å². The van der Waals surface area contributed by atoms with Crippen molar-refractivity contribution < 1.29 is 19.8 Å². The van der Waals surface area contributed by atoms with E-state index in [-0.39, 0.29) is 4.47 Å². The number of benzene rings is 1. The third-order valence-corrected chi connectivity index (χ3v) is 1.62. The van der Waals surface area contributed by atoms with Gasteiger partial charge in [0, 0.05) is 21.0 Å². The standard InChI is InChI=1S/C10H11BrO/c11-10-3-1-8(2-4-10)9-5-6-12-7-9/h1-4,9H,5-7H2/i1D,2D,3D,4D,5D2,6D2,7D2,9D. The Hall–Kier alpha value is -0.340. The van der Waals surface area contributed by atoms with E-state index in [4.69, 9.17) is 15.1 Å². The summed E-state index contributed by atoms with van der Waals surface area (Å²) in [5, 5.41) is 0. The highest BCUT2D eigenvalue weighted by atomic mass is 79.9. The second-order valence-electron chi connectivity index (χ2n) is 2.00. The third kappa shape index (κ3) is 1.70. The average molecular weight is 238 g/mol. The lowest BCUT2D eigenvalue weighted by Crippen LogP contribution is -1.96. The van der Waals surface area contributed by atoms with Crippen molar-refractivity contribution in [3.63, 3.8) is 0 Å². The molecule has 2 heteroatoms. The molecular weight excluding hydrogens is 216 g/mol. The Balaban J connectivity index is 2.95. The van der Waals surface area contributed by atoms with Gasteiger partial charge in [-0.05, 0) is 24.0 Å². The minimum absolute atomic E-state index is 0.220. The molecule has 1 fully saturated rings. The summed E-state index contributed by atoms with van der Waals surface area (Å²) in [5.74, 6) is -3.15. The summed E-state index contributed by atoms with van der Waals surface area (Å²) in [7, 11) is 0. The van der Waals surface area contributed by atoms with Crippen LogP contribution >= 0.6 is 15.9 Å². The quantitative estimate of drug-likeness (QED) is 0.730. The molecule has 1 nitrogen and oxygen atoms in total. The molecular formula is C10H11BrO. The Morgan fingerprint density at radius 2 is 2.33 bits per heavy atom. The zero-order valence-electron chi connectivity index (χ0n) is 16.8. The minimum Gasteiger partial charge on any atom is -0.381 e.